The molecule has 0 bridgehead atoms. The van der Waals surface area contributed by atoms with Gasteiger partial charge in [-0.1, -0.05) is 55.8 Å². The summed E-state index contributed by atoms with van der Waals surface area (Å²) >= 11 is 0. The Morgan fingerprint density at radius 2 is 1.66 bits per heavy atom. The van der Waals surface area contributed by atoms with Crippen molar-refractivity contribution < 1.29 is 24.1 Å². The van der Waals surface area contributed by atoms with Crippen LogP contribution in [0.3, 0.4) is 0 Å². The highest BCUT2D eigenvalue weighted by molar-refractivity contribution is 5.48. The van der Waals surface area contributed by atoms with Crippen LogP contribution in [-0.2, 0) is 27.9 Å². The fraction of sp³-hybridized carbons (Fsp3) is 0.400. The van der Waals surface area contributed by atoms with E-state index in [1.165, 1.54) is 22.3 Å². The van der Waals surface area contributed by atoms with Gasteiger partial charge in [0.25, 0.3) is 0 Å². The summed E-state index contributed by atoms with van der Waals surface area (Å²) in [5, 5.41) is 9.54. The van der Waals surface area contributed by atoms with Crippen LogP contribution in [0.1, 0.15) is 54.4 Å². The summed E-state index contributed by atoms with van der Waals surface area (Å²) in [6.45, 7) is 3.76. The van der Waals surface area contributed by atoms with Crippen LogP contribution in [0.15, 0.2) is 66.7 Å². The van der Waals surface area contributed by atoms with E-state index in [0.717, 1.165) is 37.2 Å². The lowest BCUT2D eigenvalue weighted by molar-refractivity contribution is 0.0506. The van der Waals surface area contributed by atoms with Crippen molar-refractivity contribution in [1.29, 1.82) is 0 Å². The van der Waals surface area contributed by atoms with Gasteiger partial charge < -0.3 is 24.1 Å². The maximum atomic E-state index is 9.54. The van der Waals surface area contributed by atoms with Crippen LogP contribution in [-0.4, -0.2) is 32.7 Å². The van der Waals surface area contributed by atoms with E-state index in [1.807, 2.05) is 24.3 Å². The SMILES string of the molecule is COCOc1ccc2c(c1)OCC(C)(c1ccc(COC)cc1)C2CCCCc1ccc(O)cc1. The van der Waals surface area contributed by atoms with Crippen LogP contribution in [0.2, 0.25) is 0 Å². The molecule has 186 valence electrons. The molecule has 3 aromatic rings. The number of aryl methyl sites for hydroxylation is 1. The fourth-order valence-corrected chi connectivity index (χ4v) is 5.06. The zero-order valence-electron chi connectivity index (χ0n) is 21.0. The van der Waals surface area contributed by atoms with Gasteiger partial charge in [-0.25, -0.2) is 0 Å². The highest BCUT2D eigenvalue weighted by atomic mass is 16.7. The first-order chi connectivity index (χ1) is 17.0. The van der Waals surface area contributed by atoms with Crippen molar-refractivity contribution >= 4 is 0 Å². The normalized spacial score (nSPS) is 19.1. The Kier molecular flexibility index (Phi) is 8.32. The van der Waals surface area contributed by atoms with Gasteiger partial charge >= 0.3 is 0 Å². The summed E-state index contributed by atoms with van der Waals surface area (Å²) in [6.07, 6.45) is 4.26. The molecule has 0 aliphatic carbocycles. The van der Waals surface area contributed by atoms with E-state index in [-0.39, 0.29) is 12.2 Å². The van der Waals surface area contributed by atoms with Gasteiger partial charge in [-0.15, -0.1) is 0 Å². The second kappa shape index (κ2) is 11.6. The summed E-state index contributed by atoms with van der Waals surface area (Å²) in [7, 11) is 3.34. The van der Waals surface area contributed by atoms with Crippen molar-refractivity contribution in [2.24, 2.45) is 0 Å². The quantitative estimate of drug-likeness (QED) is 0.257. The van der Waals surface area contributed by atoms with Crippen LogP contribution in [0.5, 0.6) is 17.2 Å². The standard InChI is InChI=1S/C30H36O5/c1-30(24-12-8-23(9-13-24)19-32-2)20-34-29-18-26(35-21-33-3)16-17-27(29)28(30)7-5-4-6-22-10-14-25(31)15-11-22/h8-18,28,31H,4-7,19-21H2,1-3H3. The molecule has 0 aromatic heterocycles. The third-order valence-electron chi connectivity index (χ3n) is 7.07. The summed E-state index contributed by atoms with van der Waals surface area (Å²) in [4.78, 5) is 0. The number of phenols is 1. The molecule has 1 aliphatic rings. The van der Waals surface area contributed by atoms with Gasteiger partial charge in [-0.3, -0.25) is 0 Å². The molecule has 2 unspecified atom stereocenters. The second-order valence-electron chi connectivity index (χ2n) is 9.55. The fourth-order valence-electron chi connectivity index (χ4n) is 5.06. The topological polar surface area (TPSA) is 57.2 Å². The number of phenolic OH excluding ortho intramolecular Hbond substituents is 1. The second-order valence-corrected chi connectivity index (χ2v) is 9.55. The molecule has 0 amide bonds. The van der Waals surface area contributed by atoms with Gasteiger partial charge in [0.15, 0.2) is 6.79 Å². The zero-order valence-corrected chi connectivity index (χ0v) is 21.0. The maximum Gasteiger partial charge on any atom is 0.188 e. The van der Waals surface area contributed by atoms with Crippen molar-refractivity contribution in [2.45, 2.75) is 50.5 Å². The Hall–Kier alpha value is -3.02. The van der Waals surface area contributed by atoms with Gasteiger partial charge in [0.1, 0.15) is 17.2 Å². The minimum atomic E-state index is -0.147. The lowest BCUT2D eigenvalue weighted by Gasteiger charge is -2.43. The smallest absolute Gasteiger partial charge is 0.188 e. The predicted molar refractivity (Wildman–Crippen MR) is 137 cm³/mol. The maximum absolute atomic E-state index is 9.54. The minimum absolute atomic E-state index is 0.147. The Labute approximate surface area is 208 Å². The third kappa shape index (κ3) is 5.98. The highest BCUT2D eigenvalue weighted by Gasteiger charge is 2.42. The lowest BCUT2D eigenvalue weighted by Crippen LogP contribution is -2.40. The number of ether oxygens (including phenoxy) is 4. The molecular weight excluding hydrogens is 440 g/mol. The van der Waals surface area contributed by atoms with Gasteiger partial charge in [-0.05, 0) is 59.7 Å². The van der Waals surface area contributed by atoms with E-state index in [1.54, 1.807) is 26.4 Å². The van der Waals surface area contributed by atoms with Gasteiger partial charge in [0.05, 0.1) is 13.2 Å². The van der Waals surface area contributed by atoms with Crippen LogP contribution in [0.25, 0.3) is 0 Å². The first-order valence-corrected chi connectivity index (χ1v) is 12.3. The van der Waals surface area contributed by atoms with Gasteiger partial charge in [0.2, 0.25) is 0 Å². The summed E-state index contributed by atoms with van der Waals surface area (Å²) < 4.78 is 22.3. The predicted octanol–water partition coefficient (Wildman–Crippen LogP) is 6.37. The minimum Gasteiger partial charge on any atom is -0.508 e. The van der Waals surface area contributed by atoms with Crippen molar-refractivity contribution in [3.63, 3.8) is 0 Å². The van der Waals surface area contributed by atoms with Crippen LogP contribution in [0, 0.1) is 0 Å². The molecule has 4 rings (SSSR count). The number of fused-ring (bicyclic) bond motifs is 1. The average molecular weight is 477 g/mol. The Morgan fingerprint density at radius 3 is 2.37 bits per heavy atom. The summed E-state index contributed by atoms with van der Waals surface area (Å²) in [5.74, 6) is 2.28. The molecule has 0 fully saturated rings. The van der Waals surface area contributed by atoms with Crippen molar-refractivity contribution in [3.8, 4) is 17.2 Å². The molecule has 1 aliphatic heterocycles. The molecule has 2 atom stereocenters. The van der Waals surface area contributed by atoms with Crippen LogP contribution in [0.4, 0.5) is 0 Å². The third-order valence-corrected chi connectivity index (χ3v) is 7.07. The van der Waals surface area contributed by atoms with Crippen LogP contribution < -0.4 is 9.47 Å². The number of rotatable bonds is 11. The number of benzene rings is 3. The molecule has 0 radical (unpaired) electrons. The van der Waals surface area contributed by atoms with Crippen molar-refractivity contribution in [1.82, 2.24) is 0 Å². The van der Waals surface area contributed by atoms with E-state index in [4.69, 9.17) is 18.9 Å². The highest BCUT2D eigenvalue weighted by Crippen LogP contribution is 2.49. The number of methoxy groups -OCH3 is 2. The van der Waals surface area contributed by atoms with E-state index in [0.29, 0.717) is 24.9 Å². The Balaban J connectivity index is 1.55. The van der Waals surface area contributed by atoms with E-state index in [2.05, 4.69) is 37.3 Å². The van der Waals surface area contributed by atoms with Crippen molar-refractivity contribution in [3.05, 3.63) is 89.0 Å². The van der Waals surface area contributed by atoms with Gasteiger partial charge in [0, 0.05) is 31.6 Å². The number of unbranched alkanes of at least 4 members (excludes halogenated alkanes) is 1. The Bertz CT molecular complexity index is 1080. The number of aromatic hydroxyl groups is 1. The van der Waals surface area contributed by atoms with Gasteiger partial charge in [-0.2, -0.15) is 0 Å². The monoisotopic (exact) mass is 476 g/mol. The molecule has 1 heterocycles. The number of hydrogen-bond donors (Lipinski definition) is 1. The van der Waals surface area contributed by atoms with E-state index >= 15 is 0 Å². The molecular formula is C30H36O5. The molecule has 1 N–H and O–H groups in total. The summed E-state index contributed by atoms with van der Waals surface area (Å²) in [5.41, 5.74) is 4.79. The Morgan fingerprint density at radius 1 is 0.914 bits per heavy atom. The molecule has 0 saturated carbocycles. The van der Waals surface area contributed by atoms with E-state index < -0.39 is 0 Å². The zero-order chi connectivity index (χ0) is 24.7. The molecule has 5 heteroatoms. The number of hydrogen-bond acceptors (Lipinski definition) is 5. The largest absolute Gasteiger partial charge is 0.508 e. The first kappa shape index (κ1) is 25.1. The molecule has 0 spiro atoms. The summed E-state index contributed by atoms with van der Waals surface area (Å²) in [6, 6.07) is 22.4. The first-order valence-electron chi connectivity index (χ1n) is 12.3. The lowest BCUT2D eigenvalue weighted by atomic mass is 9.66. The molecule has 0 saturated heterocycles. The molecule has 5 nitrogen and oxygen atoms in total. The van der Waals surface area contributed by atoms with Crippen molar-refractivity contribution in [2.75, 3.05) is 27.6 Å². The molecule has 35 heavy (non-hydrogen) atoms. The molecule has 3 aromatic carbocycles. The average Bonchev–Trinajstić information content (AvgIpc) is 2.88. The van der Waals surface area contributed by atoms with E-state index in [9.17, 15) is 5.11 Å². The van der Waals surface area contributed by atoms with Crippen LogP contribution >= 0.6 is 0 Å².